The van der Waals surface area contributed by atoms with Crippen LogP contribution < -0.4 is 10.0 Å². The molecule has 0 bridgehead atoms. The number of hydrogen-bond donors (Lipinski definition) is 0. The minimum atomic E-state index is 0. The van der Waals surface area contributed by atoms with Gasteiger partial charge >= 0.3 is 18.9 Å². The van der Waals surface area contributed by atoms with Gasteiger partial charge in [0.2, 0.25) is 0 Å². The zero-order chi connectivity index (χ0) is 18.8. The zero-order valence-corrected chi connectivity index (χ0v) is 17.4. The molecule has 0 radical (unpaired) electrons. The second-order valence-corrected chi connectivity index (χ2v) is 8.84. The Hall–Kier alpha value is -1.06. The van der Waals surface area contributed by atoms with Gasteiger partial charge in [-0.1, -0.05) is 39.0 Å². The first-order chi connectivity index (χ1) is 11.6. The number of carbonyl (C=O) groups excluding carboxylic acids is 1. The van der Waals surface area contributed by atoms with Crippen LogP contribution in [0, 0.1) is 20.8 Å². The van der Waals surface area contributed by atoms with E-state index in [-0.39, 0.29) is 38.4 Å². The average molecular weight is 364 g/mol. The summed E-state index contributed by atoms with van der Waals surface area (Å²) in [5, 5.41) is 1.09. The molecule has 0 N–H and O–H groups in total. The van der Waals surface area contributed by atoms with Gasteiger partial charge in [-0.3, -0.25) is 4.79 Å². The molecule has 0 fully saturated rings. The molecule has 0 saturated carbocycles. The van der Waals surface area contributed by atoms with E-state index >= 15 is 0 Å². The fourth-order valence-corrected chi connectivity index (χ4v) is 4.17. The topological polar surface area (TPSA) is 26.3 Å². The predicted octanol–water partition coefficient (Wildman–Crippen LogP) is 4.80. The fraction of sp³-hybridized carbons (Fsp3) is 0.409. The average Bonchev–Trinajstić information content (AvgIpc) is 2.48. The van der Waals surface area contributed by atoms with E-state index in [1.807, 2.05) is 45.9 Å². The first-order valence-electron chi connectivity index (χ1n) is 8.80. The molecule has 0 aromatic heterocycles. The molecule has 0 aliphatic heterocycles. The van der Waals surface area contributed by atoms with Crippen LogP contribution in [0.4, 0.5) is 0 Å². The molecule has 0 heterocycles. The van der Waals surface area contributed by atoms with Crippen LogP contribution in [0.25, 0.3) is 0 Å². The van der Waals surface area contributed by atoms with E-state index in [4.69, 9.17) is 4.74 Å². The Bertz CT molecular complexity index is 768. The number of hydrogen-bond acceptors (Lipinski definition) is 2. The maximum atomic E-state index is 13.0. The van der Waals surface area contributed by atoms with Gasteiger partial charge in [0.15, 0.2) is 5.52 Å². The van der Waals surface area contributed by atoms with Crippen molar-refractivity contribution in [3.63, 3.8) is 0 Å². The number of aryl methyl sites for hydroxylation is 3. The maximum absolute atomic E-state index is 13.0. The van der Waals surface area contributed by atoms with E-state index in [9.17, 15) is 4.79 Å². The Morgan fingerprint density at radius 1 is 1.00 bits per heavy atom. The molecule has 2 aromatic carbocycles. The summed E-state index contributed by atoms with van der Waals surface area (Å²) in [7, 11) is 0.135. The molecule has 1 atom stereocenters. The summed E-state index contributed by atoms with van der Waals surface area (Å²) in [5.41, 5.74) is 5.71. The SMILES string of the molecule is CCOc1ccc(PC(=O)c2c(C)cc(C(C)(C)C)cc2C)c(C)c1.[LiH]. The zero-order valence-electron chi connectivity index (χ0n) is 16.4. The van der Waals surface area contributed by atoms with Crippen molar-refractivity contribution in [2.24, 2.45) is 0 Å². The van der Waals surface area contributed by atoms with Gasteiger partial charge in [-0.05, 0) is 81.4 Å². The van der Waals surface area contributed by atoms with Crippen LogP contribution in [-0.4, -0.2) is 31.0 Å². The van der Waals surface area contributed by atoms with Gasteiger partial charge < -0.3 is 4.74 Å². The molecule has 0 amide bonds. The van der Waals surface area contributed by atoms with Crippen molar-refractivity contribution in [1.29, 1.82) is 0 Å². The summed E-state index contributed by atoms with van der Waals surface area (Å²) in [6.45, 7) is 15.4. The molecule has 0 aliphatic rings. The van der Waals surface area contributed by atoms with E-state index in [2.05, 4.69) is 32.9 Å². The first kappa shape index (κ1) is 23.0. The summed E-state index contributed by atoms with van der Waals surface area (Å²) < 4.78 is 5.53. The number of rotatable bonds is 5. The van der Waals surface area contributed by atoms with Crippen LogP contribution in [0.5, 0.6) is 5.75 Å². The van der Waals surface area contributed by atoms with Crippen LogP contribution in [0.3, 0.4) is 0 Å². The van der Waals surface area contributed by atoms with Crippen LogP contribution in [0.15, 0.2) is 30.3 Å². The van der Waals surface area contributed by atoms with Crippen molar-refractivity contribution in [2.45, 2.75) is 53.9 Å². The van der Waals surface area contributed by atoms with E-state index in [1.54, 1.807) is 0 Å². The number of carbonyl (C=O) groups is 1. The molecule has 2 aromatic rings. The third kappa shape index (κ3) is 5.47. The summed E-state index contributed by atoms with van der Waals surface area (Å²) >= 11 is 0. The van der Waals surface area contributed by atoms with Gasteiger partial charge in [0, 0.05) is 5.56 Å². The summed E-state index contributed by atoms with van der Waals surface area (Å²) in [5.74, 6) is 0.864. The minimum absolute atomic E-state index is 0. The molecular weight excluding hydrogens is 334 g/mol. The van der Waals surface area contributed by atoms with Crippen molar-refractivity contribution in [3.05, 3.63) is 58.1 Å². The van der Waals surface area contributed by atoms with Crippen molar-refractivity contribution in [2.75, 3.05) is 6.61 Å². The molecule has 2 rings (SSSR count). The van der Waals surface area contributed by atoms with Gasteiger partial charge in [-0.2, -0.15) is 0 Å². The van der Waals surface area contributed by atoms with Gasteiger partial charge in [0.05, 0.1) is 6.61 Å². The fourth-order valence-electron chi connectivity index (χ4n) is 2.97. The second-order valence-electron chi connectivity index (χ2n) is 7.60. The quantitative estimate of drug-likeness (QED) is 0.562. The Kier molecular flexibility index (Phi) is 8.16. The van der Waals surface area contributed by atoms with Gasteiger partial charge in [-0.15, -0.1) is 0 Å². The summed E-state index contributed by atoms with van der Waals surface area (Å²) in [6, 6.07) is 10.3. The Morgan fingerprint density at radius 2 is 1.58 bits per heavy atom. The summed E-state index contributed by atoms with van der Waals surface area (Å²) in [6.07, 6.45) is 0. The van der Waals surface area contributed by atoms with Crippen LogP contribution >= 0.6 is 8.58 Å². The number of ether oxygens (including phenoxy) is 1. The molecular formula is C22H30LiO2P. The van der Waals surface area contributed by atoms with Crippen LogP contribution in [-0.2, 0) is 5.41 Å². The Labute approximate surface area is 172 Å². The van der Waals surface area contributed by atoms with Crippen LogP contribution in [0.2, 0.25) is 0 Å². The predicted molar refractivity (Wildman–Crippen MR) is 116 cm³/mol. The third-order valence-electron chi connectivity index (χ3n) is 4.38. The molecule has 26 heavy (non-hydrogen) atoms. The molecule has 1 unspecified atom stereocenters. The molecule has 0 aliphatic carbocycles. The van der Waals surface area contributed by atoms with Crippen LogP contribution in [0.1, 0.15) is 60.3 Å². The molecule has 4 heteroatoms. The first-order valence-corrected chi connectivity index (χ1v) is 9.80. The Balaban J connectivity index is 0.00000338. The van der Waals surface area contributed by atoms with Crippen molar-refractivity contribution < 1.29 is 9.53 Å². The Morgan fingerprint density at radius 3 is 2.04 bits per heavy atom. The molecule has 0 saturated heterocycles. The van der Waals surface area contributed by atoms with Crippen molar-refractivity contribution >= 4 is 38.3 Å². The monoisotopic (exact) mass is 364 g/mol. The van der Waals surface area contributed by atoms with E-state index in [0.717, 1.165) is 33.3 Å². The van der Waals surface area contributed by atoms with E-state index < -0.39 is 0 Å². The van der Waals surface area contributed by atoms with Gasteiger partial charge in [0.25, 0.3) is 0 Å². The van der Waals surface area contributed by atoms with E-state index in [0.29, 0.717) is 6.61 Å². The second kappa shape index (κ2) is 9.23. The molecule has 136 valence electrons. The van der Waals surface area contributed by atoms with Gasteiger partial charge in [-0.25, -0.2) is 0 Å². The van der Waals surface area contributed by atoms with E-state index in [1.165, 1.54) is 5.56 Å². The van der Waals surface area contributed by atoms with Gasteiger partial charge in [0.1, 0.15) is 5.75 Å². The molecule has 0 spiro atoms. The molecule has 2 nitrogen and oxygen atoms in total. The van der Waals surface area contributed by atoms with Crippen molar-refractivity contribution in [1.82, 2.24) is 0 Å². The third-order valence-corrected chi connectivity index (χ3v) is 5.69. The normalized spacial score (nSPS) is 11.5. The van der Waals surface area contributed by atoms with Crippen molar-refractivity contribution in [3.8, 4) is 5.75 Å². The number of benzene rings is 2. The summed E-state index contributed by atoms with van der Waals surface area (Å²) in [4.78, 5) is 13.0. The standard InChI is InChI=1S/C22H29O2P.Li.H/c1-8-24-18-9-10-19(14(2)13-18)25-21(23)20-15(3)11-17(12-16(20)4)22(5,6)7;;/h9-13,25H,8H2,1-7H3;;.